The topological polar surface area (TPSA) is 27.0 Å². The van der Waals surface area contributed by atoms with Gasteiger partial charge in [0.15, 0.2) is 0 Å². The second kappa shape index (κ2) is 15.5. The van der Waals surface area contributed by atoms with E-state index < -0.39 is 7.25 Å². The van der Waals surface area contributed by atoms with Gasteiger partial charge in [0.1, 0.15) is 11.5 Å². The number of hydrogen-bond donors (Lipinski definition) is 0. The van der Waals surface area contributed by atoms with Crippen LogP contribution >= 0.6 is 0 Å². The maximum Gasteiger partial charge on any atom is 0.673 e. The lowest BCUT2D eigenvalue weighted by molar-refractivity contribution is 0.290. The second-order valence-electron chi connectivity index (χ2n) is 15.5. The lowest BCUT2D eigenvalue weighted by Gasteiger charge is -2.32. The molecule has 2 saturated heterocycles. The zero-order valence-corrected chi connectivity index (χ0v) is 30.4. The Labute approximate surface area is 295 Å². The van der Waals surface area contributed by atoms with E-state index in [1.54, 1.807) is 0 Å². The fourth-order valence-electron chi connectivity index (χ4n) is 6.50. The fraction of sp³-hybridized carbons (Fsp3) is 0.439. The number of nitrogens with zero attached hydrogens (tertiary/aromatic N) is 2. The molecule has 268 valence electrons. The summed E-state index contributed by atoms with van der Waals surface area (Å²) in [5.41, 5.74) is 6.83. The molecule has 4 heterocycles. The molecule has 4 nitrogen and oxygen atoms in total. The van der Waals surface area contributed by atoms with E-state index in [4.69, 9.17) is 9.15 Å². The van der Waals surface area contributed by atoms with Gasteiger partial charge in [0.05, 0.1) is 16.9 Å². The summed E-state index contributed by atoms with van der Waals surface area (Å²) in [6, 6.07) is 15.7. The summed E-state index contributed by atoms with van der Waals surface area (Å²) in [5.74, 6) is 2.96. The zero-order chi connectivity index (χ0) is 36.1. The molecule has 3 aliphatic heterocycles. The molecule has 3 aromatic rings. The molecule has 2 aromatic carbocycles. The van der Waals surface area contributed by atoms with Crippen molar-refractivity contribution in [1.82, 2.24) is 0 Å². The molecule has 0 unspecified atom stereocenters. The number of anilines is 2. The number of benzene rings is 2. The summed E-state index contributed by atoms with van der Waals surface area (Å²) >= 11 is 0. The molecule has 50 heavy (non-hydrogen) atoms. The van der Waals surface area contributed by atoms with Crippen molar-refractivity contribution in [3.63, 3.8) is 0 Å². The maximum atomic E-state index is 9.75. The van der Waals surface area contributed by atoms with Crippen LogP contribution in [0.25, 0.3) is 22.6 Å². The van der Waals surface area contributed by atoms with Crippen LogP contribution in [0.5, 0.6) is 5.75 Å². The summed E-state index contributed by atoms with van der Waals surface area (Å²) in [6.45, 7) is 17.8. The Morgan fingerprint density at radius 1 is 0.700 bits per heavy atom. The molecule has 0 bridgehead atoms. The number of hydrogen-bond acceptors (Lipinski definition) is 3. The minimum Gasteiger partial charge on any atom is -0.460 e. The van der Waals surface area contributed by atoms with Crippen LogP contribution in [-0.2, 0) is 5.41 Å². The van der Waals surface area contributed by atoms with Gasteiger partial charge in [0.25, 0.3) is 0 Å². The number of halogens is 4. The molecule has 0 saturated carbocycles. The van der Waals surface area contributed by atoms with Crippen LogP contribution in [0.4, 0.5) is 28.6 Å². The molecule has 9 heteroatoms. The Hall–Kier alpha value is -4.01. The average Bonchev–Trinajstić information content (AvgIpc) is 3.06. The Morgan fingerprint density at radius 2 is 1.28 bits per heavy atom. The predicted octanol–water partition coefficient (Wildman–Crippen LogP) is 12.3. The normalized spacial score (nSPS) is 18.3. The van der Waals surface area contributed by atoms with E-state index in [1.807, 2.05) is 0 Å². The summed E-state index contributed by atoms with van der Waals surface area (Å²) in [4.78, 5) is 4.99. The second-order valence-corrected chi connectivity index (χ2v) is 15.5. The van der Waals surface area contributed by atoms with Crippen molar-refractivity contribution < 1.29 is 26.4 Å². The smallest absolute Gasteiger partial charge is 0.460 e. The van der Waals surface area contributed by atoms with Crippen molar-refractivity contribution in [2.24, 2.45) is 5.41 Å². The quantitative estimate of drug-likeness (QED) is 0.115. The lowest BCUT2D eigenvalue weighted by Crippen LogP contribution is -2.29. The zero-order valence-electron chi connectivity index (χ0n) is 30.4. The van der Waals surface area contributed by atoms with Crippen LogP contribution in [0.2, 0.25) is 0 Å². The van der Waals surface area contributed by atoms with Gasteiger partial charge in [0.2, 0.25) is 0 Å². The molecule has 0 aliphatic carbocycles. The van der Waals surface area contributed by atoms with Crippen LogP contribution < -0.4 is 14.5 Å². The number of allylic oxidation sites excluding steroid dienone is 7. The van der Waals surface area contributed by atoms with Gasteiger partial charge in [0, 0.05) is 66.2 Å². The van der Waals surface area contributed by atoms with Gasteiger partial charge in [-0.3, -0.25) is 0 Å². The molecular formula is C41H51BF4N2O2. The van der Waals surface area contributed by atoms with Crippen molar-refractivity contribution >= 4 is 41.2 Å². The van der Waals surface area contributed by atoms with Crippen LogP contribution in [0.1, 0.15) is 97.0 Å². The first kappa shape index (κ1) is 37.3. The molecule has 0 N–H and O–H groups in total. The standard InChI is InChI=1S/C41H51N2O2.BF4/c1-40(2,3)38-26-30(34-20-18-32(28-36(34)44-38)42-22-12-8-13-23-42)16-10-7-11-17-31-27-39(41(4,5)6)45-37-29-33(19-21-35(31)37)43-24-14-9-15-25-43;2-1(3,4)5/h7,10-11,16-21,26-29H,8-9,12-15,22-25H2,1-6H3;/q+1;-1. The first-order valence-electron chi connectivity index (χ1n) is 17.9. The third-order valence-electron chi connectivity index (χ3n) is 9.26. The van der Waals surface area contributed by atoms with Gasteiger partial charge in [-0.25, -0.2) is 4.42 Å². The van der Waals surface area contributed by atoms with E-state index in [0.29, 0.717) is 0 Å². The third kappa shape index (κ3) is 10.0. The minimum atomic E-state index is -6.00. The first-order valence-corrected chi connectivity index (χ1v) is 17.9. The van der Waals surface area contributed by atoms with Gasteiger partial charge in [-0.05, 0) is 95.2 Å². The van der Waals surface area contributed by atoms with E-state index in [-0.39, 0.29) is 10.8 Å². The van der Waals surface area contributed by atoms with E-state index in [2.05, 4.69) is 130 Å². The Bertz CT molecular complexity index is 1760. The molecule has 6 rings (SSSR count). The molecule has 3 aliphatic rings. The lowest BCUT2D eigenvalue weighted by atomic mass is 9.89. The Kier molecular flexibility index (Phi) is 11.5. The van der Waals surface area contributed by atoms with Crippen molar-refractivity contribution in [3.8, 4) is 5.75 Å². The van der Waals surface area contributed by atoms with Gasteiger partial charge in [-0.1, -0.05) is 51.2 Å². The van der Waals surface area contributed by atoms with Gasteiger partial charge >= 0.3 is 18.6 Å². The molecule has 0 atom stereocenters. The molecule has 0 spiro atoms. The number of fused-ring (bicyclic) bond motifs is 2. The summed E-state index contributed by atoms with van der Waals surface area (Å²) in [5, 5.41) is 1.15. The SMILES string of the molecule is CC(C)(C)C1=C\C(=C/C=C/C=C/c2cc(C(C)(C)C)[o+]c3cc(N4CCCCC4)ccc23)c2ccc(N3CCCCC3)cc2O1.F[B-](F)(F)F. The minimum absolute atomic E-state index is 0.0838. The van der Waals surface area contributed by atoms with Crippen molar-refractivity contribution in [2.75, 3.05) is 36.0 Å². The van der Waals surface area contributed by atoms with E-state index in [9.17, 15) is 17.3 Å². The fourth-order valence-corrected chi connectivity index (χ4v) is 6.50. The maximum absolute atomic E-state index is 9.75. The summed E-state index contributed by atoms with van der Waals surface area (Å²) in [6.07, 6.45) is 20.8. The van der Waals surface area contributed by atoms with Crippen LogP contribution in [-0.4, -0.2) is 33.4 Å². The van der Waals surface area contributed by atoms with Gasteiger partial charge < -0.3 is 31.8 Å². The Balaban J connectivity index is 0.000000908. The van der Waals surface area contributed by atoms with Crippen molar-refractivity contribution in [2.45, 2.75) is 85.5 Å². The monoisotopic (exact) mass is 690 g/mol. The first-order chi connectivity index (χ1) is 23.6. The van der Waals surface area contributed by atoms with Gasteiger partial charge in [-0.15, -0.1) is 0 Å². The third-order valence-corrected chi connectivity index (χ3v) is 9.26. The molecule has 2 fully saturated rings. The molecule has 0 amide bonds. The van der Waals surface area contributed by atoms with Crippen molar-refractivity contribution in [3.05, 3.63) is 95.5 Å². The predicted molar refractivity (Wildman–Crippen MR) is 202 cm³/mol. The highest BCUT2D eigenvalue weighted by atomic mass is 19.5. The van der Waals surface area contributed by atoms with Crippen molar-refractivity contribution in [1.29, 1.82) is 0 Å². The Morgan fingerprint density at radius 3 is 1.86 bits per heavy atom. The highest BCUT2D eigenvalue weighted by Gasteiger charge is 2.30. The number of piperidine rings is 2. The van der Waals surface area contributed by atoms with E-state index >= 15 is 0 Å². The van der Waals surface area contributed by atoms with E-state index in [1.165, 1.54) is 61.0 Å². The van der Waals surface area contributed by atoms with Crippen LogP contribution in [0.15, 0.2) is 83.0 Å². The summed E-state index contributed by atoms with van der Waals surface area (Å²) in [7, 11) is -6.00. The molecule has 1 aromatic heterocycles. The molecule has 0 radical (unpaired) electrons. The highest BCUT2D eigenvalue weighted by Crippen LogP contribution is 2.42. The van der Waals surface area contributed by atoms with Crippen LogP contribution in [0.3, 0.4) is 0 Å². The molecular weight excluding hydrogens is 639 g/mol. The largest absolute Gasteiger partial charge is 0.673 e. The number of ether oxygens (including phenoxy) is 1. The highest BCUT2D eigenvalue weighted by molar-refractivity contribution is 6.50. The van der Waals surface area contributed by atoms with Gasteiger partial charge in [-0.2, -0.15) is 0 Å². The summed E-state index contributed by atoms with van der Waals surface area (Å²) < 4.78 is 52.0. The van der Waals surface area contributed by atoms with E-state index in [0.717, 1.165) is 60.0 Å². The average molecular weight is 691 g/mol. The number of rotatable bonds is 5. The van der Waals surface area contributed by atoms with Crippen LogP contribution in [0, 0.1) is 5.41 Å².